The van der Waals surface area contributed by atoms with Gasteiger partial charge in [-0.15, -0.1) is 0 Å². The largest absolute Gasteiger partial charge is 0.555 e. The van der Waals surface area contributed by atoms with Crippen molar-refractivity contribution in [3.05, 3.63) is 89.8 Å². The molecule has 2 aliphatic heterocycles. The van der Waals surface area contributed by atoms with E-state index in [1.807, 2.05) is 53.3 Å². The zero-order chi connectivity index (χ0) is 18.7. The van der Waals surface area contributed by atoms with Crippen molar-refractivity contribution >= 4 is 22.8 Å². The molecule has 0 spiro atoms. The molecule has 0 radical (unpaired) electrons. The molecule has 5 rings (SSSR count). The van der Waals surface area contributed by atoms with Crippen molar-refractivity contribution in [1.82, 2.24) is 0 Å². The quantitative estimate of drug-likeness (QED) is 0.609. The van der Waals surface area contributed by atoms with Gasteiger partial charge in [0, 0.05) is 38.1 Å². The van der Waals surface area contributed by atoms with Crippen LogP contribution >= 0.6 is 0 Å². The average molecular weight is 362 g/mol. The standard InChI is InChI=1S/C22H18F2N3/c1-14-18-12-7-13-19-15(2)26(21-11-6-4-9-17(21)24)22(27(18)19)25(14)20-10-5-3-8-16(20)23/h3-13,22H,1-2H3/q+3. The van der Waals surface area contributed by atoms with E-state index in [2.05, 4.69) is 4.57 Å². The first-order chi connectivity index (χ1) is 13.1. The van der Waals surface area contributed by atoms with Gasteiger partial charge in [-0.25, -0.2) is 0 Å². The lowest BCUT2D eigenvalue weighted by Crippen LogP contribution is -2.45. The van der Waals surface area contributed by atoms with E-state index in [4.69, 9.17) is 0 Å². The SMILES string of the molecule is CC1=[N+](c2ccccc2F)C2[N+](c3ccccc3F)=C(C)c3cccc1[n+]32. The minimum absolute atomic E-state index is 0.301. The van der Waals surface area contributed by atoms with E-state index in [1.165, 1.54) is 12.1 Å². The first-order valence-electron chi connectivity index (χ1n) is 8.89. The van der Waals surface area contributed by atoms with Gasteiger partial charge in [0.2, 0.25) is 0 Å². The highest BCUT2D eigenvalue weighted by Crippen LogP contribution is 2.34. The van der Waals surface area contributed by atoms with Gasteiger partial charge in [0.1, 0.15) is 0 Å². The van der Waals surface area contributed by atoms with Crippen molar-refractivity contribution in [2.75, 3.05) is 0 Å². The molecule has 2 aliphatic rings. The van der Waals surface area contributed by atoms with E-state index >= 15 is 0 Å². The normalized spacial score (nSPS) is 15.7. The lowest BCUT2D eigenvalue weighted by atomic mass is 10.2. The molecule has 0 N–H and O–H groups in total. The van der Waals surface area contributed by atoms with Crippen LogP contribution in [0.3, 0.4) is 0 Å². The summed E-state index contributed by atoms with van der Waals surface area (Å²) in [5.41, 5.74) is 4.82. The summed E-state index contributed by atoms with van der Waals surface area (Å²) in [6, 6.07) is 19.4. The predicted octanol–water partition coefficient (Wildman–Crippen LogP) is 4.04. The molecule has 0 saturated heterocycles. The molecule has 2 aromatic carbocycles. The second kappa shape index (κ2) is 5.64. The molecule has 132 valence electrons. The minimum Gasteiger partial charge on any atom is -0.200 e. The Bertz CT molecular complexity index is 1090. The number of benzene rings is 2. The zero-order valence-corrected chi connectivity index (χ0v) is 15.0. The Labute approximate surface area is 155 Å². The third kappa shape index (κ3) is 2.08. The summed E-state index contributed by atoms with van der Waals surface area (Å²) in [5, 5.41) is 0. The van der Waals surface area contributed by atoms with E-state index in [0.717, 1.165) is 22.8 Å². The van der Waals surface area contributed by atoms with Crippen molar-refractivity contribution in [2.45, 2.75) is 20.1 Å². The lowest BCUT2D eigenvalue weighted by Gasteiger charge is -2.04. The van der Waals surface area contributed by atoms with Gasteiger partial charge in [-0.2, -0.15) is 8.78 Å². The Morgan fingerprint density at radius 2 is 1.07 bits per heavy atom. The van der Waals surface area contributed by atoms with Crippen LogP contribution in [0.1, 0.15) is 31.5 Å². The first kappa shape index (κ1) is 16.0. The van der Waals surface area contributed by atoms with Crippen LogP contribution in [0.2, 0.25) is 0 Å². The fraction of sp³-hybridized carbons (Fsp3) is 0.136. The Balaban J connectivity index is 1.84. The Morgan fingerprint density at radius 1 is 0.630 bits per heavy atom. The number of aromatic nitrogens is 1. The van der Waals surface area contributed by atoms with Gasteiger partial charge < -0.3 is 0 Å². The molecule has 5 heteroatoms. The van der Waals surface area contributed by atoms with Crippen LogP contribution in [0.25, 0.3) is 0 Å². The van der Waals surface area contributed by atoms with Crippen LogP contribution < -0.4 is 4.57 Å². The van der Waals surface area contributed by atoms with E-state index < -0.39 is 0 Å². The van der Waals surface area contributed by atoms with Gasteiger partial charge in [0.25, 0.3) is 34.2 Å². The second-order valence-electron chi connectivity index (χ2n) is 6.83. The molecule has 3 heterocycles. The van der Waals surface area contributed by atoms with Gasteiger partial charge in [-0.05, 0) is 18.2 Å². The highest BCUT2D eigenvalue weighted by molar-refractivity contribution is 5.96. The number of hydrogen-bond acceptors (Lipinski definition) is 0. The highest BCUT2D eigenvalue weighted by Gasteiger charge is 2.61. The fourth-order valence-corrected chi connectivity index (χ4v) is 4.20. The van der Waals surface area contributed by atoms with E-state index in [-0.39, 0.29) is 17.9 Å². The maximum absolute atomic E-state index is 14.7. The Hall–Kier alpha value is -3.21. The summed E-state index contributed by atoms with van der Waals surface area (Å²) in [6.45, 7) is 3.95. The molecule has 3 aromatic rings. The minimum atomic E-state index is -0.384. The smallest absolute Gasteiger partial charge is 0.200 e. The Morgan fingerprint density at radius 3 is 1.52 bits per heavy atom. The average Bonchev–Trinajstić information content (AvgIpc) is 3.12. The maximum Gasteiger partial charge on any atom is 0.555 e. The summed E-state index contributed by atoms with van der Waals surface area (Å²) in [5.74, 6) is -0.602. The molecular formula is C22H18F2N3+3. The zero-order valence-electron chi connectivity index (χ0n) is 15.0. The van der Waals surface area contributed by atoms with Crippen molar-refractivity contribution in [1.29, 1.82) is 0 Å². The second-order valence-corrected chi connectivity index (χ2v) is 6.83. The summed E-state index contributed by atoms with van der Waals surface area (Å²) < 4.78 is 35.4. The number of hydrogen-bond donors (Lipinski definition) is 0. The van der Waals surface area contributed by atoms with Crippen molar-refractivity contribution < 1.29 is 22.5 Å². The van der Waals surface area contributed by atoms with Crippen molar-refractivity contribution in [3.8, 4) is 0 Å². The van der Waals surface area contributed by atoms with Gasteiger partial charge in [0.05, 0.1) is 0 Å². The molecule has 0 unspecified atom stereocenters. The van der Waals surface area contributed by atoms with Gasteiger partial charge in [-0.1, -0.05) is 38.0 Å². The highest BCUT2D eigenvalue weighted by atomic mass is 19.1. The maximum atomic E-state index is 14.7. The summed E-state index contributed by atoms with van der Waals surface area (Å²) >= 11 is 0. The van der Waals surface area contributed by atoms with Crippen LogP contribution in [0.5, 0.6) is 0 Å². The third-order valence-corrected chi connectivity index (χ3v) is 5.41. The molecule has 0 amide bonds. The molecule has 0 aliphatic carbocycles. The van der Waals surface area contributed by atoms with Crippen LogP contribution in [-0.2, 0) is 0 Å². The van der Waals surface area contributed by atoms with E-state index in [9.17, 15) is 8.78 Å². The Kier molecular flexibility index (Phi) is 3.34. The molecule has 0 saturated carbocycles. The molecule has 0 bridgehead atoms. The summed E-state index contributed by atoms with van der Waals surface area (Å²) in [6.07, 6.45) is -0.384. The number of halogens is 2. The topological polar surface area (TPSA) is 9.90 Å². The van der Waals surface area contributed by atoms with Gasteiger partial charge in [0.15, 0.2) is 11.6 Å². The van der Waals surface area contributed by atoms with E-state index in [1.54, 1.807) is 24.3 Å². The molecule has 27 heavy (non-hydrogen) atoms. The number of rotatable bonds is 2. The number of nitrogens with zero attached hydrogens (tertiary/aromatic N) is 3. The molecule has 1 aromatic heterocycles. The van der Waals surface area contributed by atoms with Crippen molar-refractivity contribution in [2.24, 2.45) is 0 Å². The number of pyridine rings is 1. The monoisotopic (exact) mass is 362 g/mol. The first-order valence-corrected chi connectivity index (χ1v) is 8.89. The third-order valence-electron chi connectivity index (χ3n) is 5.41. The predicted molar refractivity (Wildman–Crippen MR) is 97.9 cm³/mol. The van der Waals surface area contributed by atoms with E-state index in [0.29, 0.717) is 11.4 Å². The van der Waals surface area contributed by atoms with Crippen LogP contribution in [0, 0.1) is 11.6 Å². The molecular weight excluding hydrogens is 344 g/mol. The van der Waals surface area contributed by atoms with Gasteiger partial charge in [-0.3, -0.25) is 0 Å². The molecule has 0 atom stereocenters. The summed E-state index contributed by atoms with van der Waals surface area (Å²) in [4.78, 5) is 0. The van der Waals surface area contributed by atoms with Crippen LogP contribution in [0.4, 0.5) is 20.2 Å². The fourth-order valence-electron chi connectivity index (χ4n) is 4.20. The van der Waals surface area contributed by atoms with Gasteiger partial charge >= 0.3 is 6.29 Å². The molecule has 0 fully saturated rings. The summed E-state index contributed by atoms with van der Waals surface area (Å²) in [7, 11) is 0. The number of para-hydroxylation sites is 2. The molecule has 3 nitrogen and oxygen atoms in total. The lowest BCUT2D eigenvalue weighted by molar-refractivity contribution is -0.968. The van der Waals surface area contributed by atoms with Crippen LogP contribution in [-0.4, -0.2) is 20.6 Å². The van der Waals surface area contributed by atoms with Crippen LogP contribution in [0.15, 0.2) is 66.7 Å². The van der Waals surface area contributed by atoms with Crippen molar-refractivity contribution in [3.63, 3.8) is 0 Å².